The first-order valence-corrected chi connectivity index (χ1v) is 5.39. The van der Waals surface area contributed by atoms with Gasteiger partial charge in [0, 0.05) is 0 Å². The van der Waals surface area contributed by atoms with Crippen molar-refractivity contribution in [3.05, 3.63) is 24.8 Å². The molecule has 2 bridgehead atoms. The van der Waals surface area contributed by atoms with Crippen LogP contribution in [0.1, 0.15) is 12.8 Å². The van der Waals surface area contributed by atoms with Crippen molar-refractivity contribution in [3.63, 3.8) is 0 Å². The summed E-state index contributed by atoms with van der Waals surface area (Å²) in [4.78, 5) is 0. The molecule has 0 heterocycles. The van der Waals surface area contributed by atoms with Crippen molar-refractivity contribution in [2.24, 2.45) is 17.8 Å². The van der Waals surface area contributed by atoms with Crippen molar-refractivity contribution in [2.45, 2.75) is 12.8 Å². The van der Waals surface area contributed by atoms with Gasteiger partial charge in [-0.2, -0.15) is 0 Å². The molecular formula is C9H12O2Ti. The fourth-order valence-corrected chi connectivity index (χ4v) is 2.09. The summed E-state index contributed by atoms with van der Waals surface area (Å²) in [5, 5.41) is 0. The third-order valence-corrected chi connectivity index (χ3v) is 2.63. The molecule has 2 nitrogen and oxygen atoms in total. The zero-order chi connectivity index (χ0) is 8.97. The molecule has 0 aromatic carbocycles. The van der Waals surface area contributed by atoms with E-state index < -0.39 is 19.1 Å². The third kappa shape index (κ3) is 2.14. The van der Waals surface area contributed by atoms with Gasteiger partial charge < -0.3 is 0 Å². The van der Waals surface area contributed by atoms with Crippen molar-refractivity contribution in [2.75, 3.05) is 0 Å². The average molecular weight is 200 g/mol. The van der Waals surface area contributed by atoms with Crippen molar-refractivity contribution in [1.29, 1.82) is 0 Å². The van der Waals surface area contributed by atoms with Crippen LogP contribution in [0.15, 0.2) is 24.8 Å². The topological polar surface area (TPSA) is 34.1 Å². The van der Waals surface area contributed by atoms with Crippen molar-refractivity contribution < 1.29 is 25.7 Å². The molecule has 12 heavy (non-hydrogen) atoms. The summed E-state index contributed by atoms with van der Waals surface area (Å²) in [6, 6.07) is 0. The zero-order valence-corrected chi connectivity index (χ0v) is 8.46. The number of fused-ring (bicyclic) bond motifs is 2. The Balaban J connectivity index is 0.000000213. The van der Waals surface area contributed by atoms with Gasteiger partial charge in [-0.1, -0.05) is 18.2 Å². The molecule has 0 aromatic rings. The van der Waals surface area contributed by atoms with Crippen LogP contribution >= 0.6 is 0 Å². The molecule has 1 fully saturated rings. The Hall–Kier alpha value is -0.206. The minimum atomic E-state index is -2.00. The predicted octanol–water partition coefficient (Wildman–Crippen LogP) is 2.14. The van der Waals surface area contributed by atoms with Gasteiger partial charge in [-0.25, -0.2) is 0 Å². The van der Waals surface area contributed by atoms with E-state index in [1.54, 1.807) is 0 Å². The summed E-state index contributed by atoms with van der Waals surface area (Å²) in [6.45, 7) is 3.83. The first-order chi connectivity index (χ1) is 5.81. The van der Waals surface area contributed by atoms with E-state index >= 15 is 0 Å². The molecule has 64 valence electrons. The van der Waals surface area contributed by atoms with E-state index in [4.69, 9.17) is 6.65 Å². The van der Waals surface area contributed by atoms with Crippen LogP contribution in [0.2, 0.25) is 0 Å². The molecule has 2 rings (SSSR count). The Bertz CT molecular complexity index is 229. The van der Waals surface area contributed by atoms with Crippen LogP contribution in [0.3, 0.4) is 0 Å². The number of allylic oxidation sites excluding steroid dienone is 3. The van der Waals surface area contributed by atoms with E-state index in [-0.39, 0.29) is 0 Å². The standard InChI is InChI=1S/C9H12.2O.Ti/c1-2-8-5-7-3-4-9(8)6-7;;;/h2-4,7-9H,1,5-6H2;;;. The molecule has 0 aliphatic heterocycles. The number of hydrogen-bond donors (Lipinski definition) is 0. The van der Waals surface area contributed by atoms with Crippen LogP contribution in [0, 0.1) is 17.8 Å². The van der Waals surface area contributed by atoms with E-state index in [1.807, 2.05) is 0 Å². The Morgan fingerprint density at radius 1 is 1.33 bits per heavy atom. The van der Waals surface area contributed by atoms with Gasteiger partial charge in [-0.05, 0) is 30.6 Å². The summed E-state index contributed by atoms with van der Waals surface area (Å²) in [7, 11) is 0. The molecule has 0 amide bonds. The Morgan fingerprint density at radius 2 is 2.00 bits per heavy atom. The molecule has 3 atom stereocenters. The Kier molecular flexibility index (Phi) is 3.89. The summed E-state index contributed by atoms with van der Waals surface area (Å²) in [5.41, 5.74) is 0. The first-order valence-electron chi connectivity index (χ1n) is 4.12. The Morgan fingerprint density at radius 3 is 2.25 bits per heavy atom. The van der Waals surface area contributed by atoms with Gasteiger partial charge in [0.05, 0.1) is 0 Å². The molecule has 0 spiro atoms. The molecule has 0 saturated heterocycles. The van der Waals surface area contributed by atoms with Gasteiger partial charge in [0.2, 0.25) is 0 Å². The maximum absolute atomic E-state index is 8.50. The molecule has 0 N–H and O–H groups in total. The van der Waals surface area contributed by atoms with Crippen molar-refractivity contribution >= 4 is 0 Å². The van der Waals surface area contributed by atoms with Gasteiger partial charge in [-0.15, -0.1) is 6.58 Å². The second-order valence-electron chi connectivity index (χ2n) is 3.26. The molecular weight excluding hydrogens is 188 g/mol. The van der Waals surface area contributed by atoms with Crippen LogP contribution in [0.4, 0.5) is 0 Å². The number of rotatable bonds is 1. The maximum atomic E-state index is 8.50. The molecule has 1 saturated carbocycles. The van der Waals surface area contributed by atoms with Crippen LogP contribution in [-0.2, 0) is 25.7 Å². The van der Waals surface area contributed by atoms with Gasteiger partial charge in [-0.3, -0.25) is 0 Å². The van der Waals surface area contributed by atoms with Crippen LogP contribution < -0.4 is 0 Å². The number of hydrogen-bond acceptors (Lipinski definition) is 2. The Labute approximate surface area is 81.3 Å². The molecule has 3 heteroatoms. The summed E-state index contributed by atoms with van der Waals surface area (Å²) in [6.07, 6.45) is 9.61. The van der Waals surface area contributed by atoms with E-state index in [0.29, 0.717) is 0 Å². The van der Waals surface area contributed by atoms with Crippen LogP contribution in [-0.4, -0.2) is 0 Å². The minimum absolute atomic E-state index is 0.806. The fraction of sp³-hybridized carbons (Fsp3) is 0.556. The summed E-state index contributed by atoms with van der Waals surface area (Å²) >= 11 is -2.00. The van der Waals surface area contributed by atoms with Gasteiger partial charge in [0.15, 0.2) is 0 Å². The zero-order valence-electron chi connectivity index (χ0n) is 6.90. The summed E-state index contributed by atoms with van der Waals surface area (Å²) < 4.78 is 17.0. The molecule has 0 aromatic heterocycles. The van der Waals surface area contributed by atoms with E-state index in [1.165, 1.54) is 12.8 Å². The SMILES string of the molecule is C=CC1CC2C=CC1C2.[O]=[Ti]=[O]. The second kappa shape index (κ2) is 4.73. The molecule has 2 aliphatic carbocycles. The monoisotopic (exact) mass is 200 g/mol. The van der Waals surface area contributed by atoms with Gasteiger partial charge in [0.1, 0.15) is 0 Å². The van der Waals surface area contributed by atoms with E-state index in [9.17, 15) is 0 Å². The van der Waals surface area contributed by atoms with Crippen LogP contribution in [0.25, 0.3) is 0 Å². The third-order valence-electron chi connectivity index (χ3n) is 2.63. The van der Waals surface area contributed by atoms with Crippen molar-refractivity contribution in [3.8, 4) is 0 Å². The second-order valence-corrected chi connectivity index (χ2v) is 3.52. The normalized spacial score (nSPS) is 35.2. The first kappa shape index (κ1) is 9.88. The van der Waals surface area contributed by atoms with Gasteiger partial charge >= 0.3 is 25.7 Å². The average Bonchev–Trinajstić information content (AvgIpc) is 2.65. The van der Waals surface area contributed by atoms with E-state index in [2.05, 4.69) is 24.8 Å². The van der Waals surface area contributed by atoms with Gasteiger partial charge in [0.25, 0.3) is 0 Å². The molecule has 3 unspecified atom stereocenters. The quantitative estimate of drug-likeness (QED) is 0.480. The predicted molar refractivity (Wildman–Crippen MR) is 40.4 cm³/mol. The fourth-order valence-electron chi connectivity index (χ4n) is 2.09. The van der Waals surface area contributed by atoms with Crippen molar-refractivity contribution in [1.82, 2.24) is 0 Å². The summed E-state index contributed by atoms with van der Waals surface area (Å²) in [5.74, 6) is 2.56. The van der Waals surface area contributed by atoms with Crippen LogP contribution in [0.5, 0.6) is 0 Å². The van der Waals surface area contributed by atoms with E-state index in [0.717, 1.165) is 17.8 Å². The molecule has 0 radical (unpaired) electrons. The molecule has 2 aliphatic rings.